The number of aromatic nitrogens is 2. The Morgan fingerprint density at radius 1 is 1.12 bits per heavy atom. The van der Waals surface area contributed by atoms with Gasteiger partial charge in [-0.1, -0.05) is 30.3 Å². The fraction of sp³-hybridized carbons (Fsp3) is 0.231. The van der Waals surface area contributed by atoms with E-state index in [1.165, 1.54) is 22.2 Å². The van der Waals surface area contributed by atoms with Gasteiger partial charge in [0.25, 0.3) is 11.5 Å². The minimum absolute atomic E-state index is 0.0959. The van der Waals surface area contributed by atoms with Crippen LogP contribution in [0, 0.1) is 13.8 Å². The molecule has 4 aromatic rings. The van der Waals surface area contributed by atoms with Crippen LogP contribution in [-0.4, -0.2) is 33.3 Å². The van der Waals surface area contributed by atoms with Gasteiger partial charge < -0.3 is 10.2 Å². The van der Waals surface area contributed by atoms with Gasteiger partial charge in [-0.3, -0.25) is 19.0 Å². The molecule has 2 amide bonds. The Hall–Kier alpha value is -3.78. The van der Waals surface area contributed by atoms with Crippen LogP contribution in [0.5, 0.6) is 0 Å². The lowest BCUT2D eigenvalue weighted by atomic mass is 10.1. The molecule has 2 aromatic heterocycles. The summed E-state index contributed by atoms with van der Waals surface area (Å²) in [5.41, 5.74) is 2.79. The molecule has 1 atom stereocenters. The Labute approximate surface area is 201 Å². The van der Waals surface area contributed by atoms with E-state index >= 15 is 0 Å². The molecule has 4 rings (SSSR count). The average Bonchev–Trinajstić information content (AvgIpc) is 3.14. The van der Waals surface area contributed by atoms with Gasteiger partial charge in [0.05, 0.1) is 17.8 Å². The zero-order chi connectivity index (χ0) is 24.4. The number of fused-ring (bicyclic) bond motifs is 1. The number of nitrogens with zero attached hydrogens (tertiary/aromatic N) is 3. The summed E-state index contributed by atoms with van der Waals surface area (Å²) in [5, 5.41) is 3.48. The molecule has 1 N–H and O–H groups in total. The van der Waals surface area contributed by atoms with E-state index in [1.54, 1.807) is 24.1 Å². The predicted molar refractivity (Wildman–Crippen MR) is 135 cm³/mol. The van der Waals surface area contributed by atoms with E-state index in [9.17, 15) is 14.4 Å². The van der Waals surface area contributed by atoms with Crippen LogP contribution in [0.2, 0.25) is 0 Å². The van der Waals surface area contributed by atoms with Crippen molar-refractivity contribution in [2.24, 2.45) is 0 Å². The van der Waals surface area contributed by atoms with Gasteiger partial charge in [0.2, 0.25) is 5.91 Å². The van der Waals surface area contributed by atoms with Crippen LogP contribution in [0.1, 0.15) is 39.3 Å². The first-order valence-corrected chi connectivity index (χ1v) is 11.7. The number of amides is 2. The number of rotatable bonds is 6. The van der Waals surface area contributed by atoms with Crippen LogP contribution in [-0.2, 0) is 11.3 Å². The quantitative estimate of drug-likeness (QED) is 0.444. The van der Waals surface area contributed by atoms with Crippen molar-refractivity contribution in [3.8, 4) is 0 Å². The maximum absolute atomic E-state index is 13.0. The summed E-state index contributed by atoms with van der Waals surface area (Å²) in [7, 11) is 1.71. The largest absolute Gasteiger partial charge is 0.337 e. The molecule has 0 spiro atoms. The second-order valence-corrected chi connectivity index (χ2v) is 9.47. The third-order valence-electron chi connectivity index (χ3n) is 6.10. The molecule has 0 saturated heterocycles. The maximum Gasteiger partial charge on any atom is 0.262 e. The molecular weight excluding hydrogens is 448 g/mol. The van der Waals surface area contributed by atoms with Crippen molar-refractivity contribution in [3.63, 3.8) is 0 Å². The van der Waals surface area contributed by atoms with Gasteiger partial charge in [0, 0.05) is 23.2 Å². The number of benzene rings is 2. The number of carbonyl (C=O) groups is 2. The summed E-state index contributed by atoms with van der Waals surface area (Å²) in [4.78, 5) is 46.2. The van der Waals surface area contributed by atoms with Crippen molar-refractivity contribution in [3.05, 3.63) is 92.8 Å². The highest BCUT2D eigenvalue weighted by atomic mass is 32.1. The summed E-state index contributed by atoms with van der Waals surface area (Å²) in [5.74, 6) is -0.407. The first kappa shape index (κ1) is 23.4. The van der Waals surface area contributed by atoms with E-state index in [1.807, 2.05) is 63.2 Å². The summed E-state index contributed by atoms with van der Waals surface area (Å²) in [6.07, 6.45) is 1.44. The molecule has 174 valence electrons. The van der Waals surface area contributed by atoms with E-state index in [2.05, 4.69) is 10.3 Å². The van der Waals surface area contributed by atoms with E-state index in [0.29, 0.717) is 21.5 Å². The SMILES string of the molecule is Cc1sc2ncn(CC(=O)N(C)C(C)c3cccc(NC(=O)c4ccccc4)c3)c(=O)c2c1C. The zero-order valence-corrected chi connectivity index (χ0v) is 20.3. The molecule has 0 bridgehead atoms. The number of nitrogens with one attached hydrogen (secondary N) is 1. The number of likely N-dealkylation sites (N-methyl/N-ethyl adjacent to an activating group) is 1. The second-order valence-electron chi connectivity index (χ2n) is 8.27. The van der Waals surface area contributed by atoms with Crippen molar-refractivity contribution in [1.29, 1.82) is 0 Å². The van der Waals surface area contributed by atoms with Gasteiger partial charge >= 0.3 is 0 Å². The van der Waals surface area contributed by atoms with E-state index in [-0.39, 0.29) is 30.0 Å². The molecule has 0 fully saturated rings. The third kappa shape index (κ3) is 4.63. The van der Waals surface area contributed by atoms with Crippen LogP contribution in [0.25, 0.3) is 10.2 Å². The fourth-order valence-corrected chi connectivity index (χ4v) is 4.74. The molecule has 0 saturated carbocycles. The molecule has 0 radical (unpaired) electrons. The molecule has 34 heavy (non-hydrogen) atoms. The Morgan fingerprint density at radius 2 is 1.85 bits per heavy atom. The summed E-state index contributed by atoms with van der Waals surface area (Å²) < 4.78 is 1.36. The average molecular weight is 475 g/mol. The monoisotopic (exact) mass is 474 g/mol. The number of anilines is 1. The van der Waals surface area contributed by atoms with Gasteiger partial charge in [0.15, 0.2) is 0 Å². The van der Waals surface area contributed by atoms with Gasteiger partial charge in [-0.2, -0.15) is 0 Å². The van der Waals surface area contributed by atoms with Crippen LogP contribution in [0.4, 0.5) is 5.69 Å². The van der Waals surface area contributed by atoms with Crippen LogP contribution >= 0.6 is 11.3 Å². The molecule has 0 aliphatic carbocycles. The predicted octanol–water partition coefficient (Wildman–Crippen LogP) is 4.55. The lowest BCUT2D eigenvalue weighted by Crippen LogP contribution is -2.35. The van der Waals surface area contributed by atoms with Gasteiger partial charge in [-0.05, 0) is 56.2 Å². The molecular formula is C26H26N4O3S. The third-order valence-corrected chi connectivity index (χ3v) is 7.21. The molecule has 2 aromatic carbocycles. The minimum Gasteiger partial charge on any atom is -0.337 e. The zero-order valence-electron chi connectivity index (χ0n) is 19.5. The lowest BCUT2D eigenvalue weighted by molar-refractivity contribution is -0.132. The highest BCUT2D eigenvalue weighted by Crippen LogP contribution is 2.26. The topological polar surface area (TPSA) is 84.3 Å². The van der Waals surface area contributed by atoms with Gasteiger partial charge in [-0.15, -0.1) is 11.3 Å². The number of carbonyl (C=O) groups excluding carboxylic acids is 2. The molecule has 2 heterocycles. The van der Waals surface area contributed by atoms with Crippen molar-refractivity contribution in [2.75, 3.05) is 12.4 Å². The molecule has 0 aliphatic rings. The van der Waals surface area contributed by atoms with Crippen LogP contribution in [0.15, 0.2) is 65.7 Å². The highest BCUT2D eigenvalue weighted by Gasteiger charge is 2.20. The Kier molecular flexibility index (Phi) is 6.61. The number of hydrogen-bond donors (Lipinski definition) is 1. The normalized spacial score (nSPS) is 11.9. The Balaban J connectivity index is 1.49. The second kappa shape index (κ2) is 9.61. The maximum atomic E-state index is 13.0. The smallest absolute Gasteiger partial charge is 0.262 e. The molecule has 8 heteroatoms. The van der Waals surface area contributed by atoms with Crippen molar-refractivity contribution in [1.82, 2.24) is 14.5 Å². The fourth-order valence-electron chi connectivity index (χ4n) is 3.75. The van der Waals surface area contributed by atoms with Crippen LogP contribution in [0.3, 0.4) is 0 Å². The summed E-state index contributed by atoms with van der Waals surface area (Å²) >= 11 is 1.48. The number of hydrogen-bond acceptors (Lipinski definition) is 5. The summed E-state index contributed by atoms with van der Waals surface area (Å²) in [6, 6.07) is 16.1. The molecule has 0 aliphatic heterocycles. The first-order chi connectivity index (χ1) is 16.3. The Bertz CT molecular complexity index is 1430. The van der Waals surface area contributed by atoms with E-state index in [4.69, 9.17) is 0 Å². The van der Waals surface area contributed by atoms with Crippen molar-refractivity contribution in [2.45, 2.75) is 33.4 Å². The molecule has 1 unspecified atom stereocenters. The van der Waals surface area contributed by atoms with E-state index < -0.39 is 0 Å². The molecule has 7 nitrogen and oxygen atoms in total. The Morgan fingerprint density at radius 3 is 2.59 bits per heavy atom. The van der Waals surface area contributed by atoms with Crippen LogP contribution < -0.4 is 10.9 Å². The first-order valence-electron chi connectivity index (χ1n) is 10.9. The van der Waals surface area contributed by atoms with Crippen molar-refractivity contribution < 1.29 is 9.59 Å². The standard InChI is InChI=1S/C26H26N4O3S/c1-16-18(3)34-25-23(16)26(33)30(15-27-25)14-22(31)29(4)17(2)20-11-8-12-21(13-20)28-24(32)19-9-6-5-7-10-19/h5-13,15,17H,14H2,1-4H3,(H,28,32). The van der Waals surface area contributed by atoms with Gasteiger partial charge in [-0.25, -0.2) is 4.98 Å². The highest BCUT2D eigenvalue weighted by molar-refractivity contribution is 7.18. The summed E-state index contributed by atoms with van der Waals surface area (Å²) in [6.45, 7) is 5.68. The van der Waals surface area contributed by atoms with E-state index in [0.717, 1.165) is 16.0 Å². The number of thiophene rings is 1. The van der Waals surface area contributed by atoms with Gasteiger partial charge in [0.1, 0.15) is 11.4 Å². The van der Waals surface area contributed by atoms with Crippen molar-refractivity contribution >= 4 is 39.1 Å². The minimum atomic E-state index is -0.265. The lowest BCUT2D eigenvalue weighted by Gasteiger charge is -2.26. The number of aryl methyl sites for hydroxylation is 2.